The van der Waals surface area contributed by atoms with E-state index >= 15 is 0 Å². The Morgan fingerprint density at radius 2 is 2.05 bits per heavy atom. The minimum absolute atomic E-state index is 0.381. The van der Waals surface area contributed by atoms with Crippen molar-refractivity contribution in [3.63, 3.8) is 0 Å². The maximum atomic E-state index is 9.71. The number of nitrogens with one attached hydrogen (secondary N) is 2. The first-order chi connectivity index (χ1) is 9.56. The molecule has 0 amide bonds. The third-order valence-corrected chi connectivity index (χ3v) is 4.25. The van der Waals surface area contributed by atoms with Crippen LogP contribution in [-0.4, -0.2) is 23.7 Å². The van der Waals surface area contributed by atoms with Gasteiger partial charge in [-0.05, 0) is 69.8 Å². The second kappa shape index (κ2) is 6.98. The Kier molecular flexibility index (Phi) is 5.30. The van der Waals surface area contributed by atoms with Crippen molar-refractivity contribution in [2.24, 2.45) is 0 Å². The van der Waals surface area contributed by atoms with Crippen molar-refractivity contribution in [2.75, 3.05) is 11.9 Å². The fraction of sp³-hybridized carbons (Fsp3) is 0.647. The fourth-order valence-corrected chi connectivity index (χ4v) is 3.01. The van der Waals surface area contributed by atoms with E-state index in [0.717, 1.165) is 29.8 Å². The Morgan fingerprint density at radius 3 is 2.85 bits per heavy atom. The number of hydrogen-bond donors (Lipinski definition) is 3. The summed E-state index contributed by atoms with van der Waals surface area (Å²) in [6.07, 6.45) is 6.47. The minimum atomic E-state index is 0.381. The number of aryl methyl sites for hydroxylation is 2. The van der Waals surface area contributed by atoms with Crippen molar-refractivity contribution in [1.29, 1.82) is 0 Å². The standard InChI is InChI=1S/C17H28N2O/c1-12-10-17(20)13(2)9-16(12)19-14(3)11-15-7-5-4-6-8-18-15/h9-10,14-15,18-20H,4-8,11H2,1-3H3. The molecule has 2 unspecified atom stereocenters. The van der Waals surface area contributed by atoms with Crippen LogP contribution in [0.25, 0.3) is 0 Å². The third-order valence-electron chi connectivity index (χ3n) is 4.25. The van der Waals surface area contributed by atoms with Crippen molar-refractivity contribution in [2.45, 2.75) is 65.0 Å². The molecule has 0 saturated carbocycles. The molecular weight excluding hydrogens is 248 g/mol. The fourth-order valence-electron chi connectivity index (χ4n) is 3.01. The van der Waals surface area contributed by atoms with Gasteiger partial charge in [0.15, 0.2) is 0 Å². The molecule has 1 aromatic carbocycles. The molecule has 1 aliphatic rings. The van der Waals surface area contributed by atoms with E-state index in [0.29, 0.717) is 17.8 Å². The topological polar surface area (TPSA) is 44.3 Å². The number of benzene rings is 1. The second-order valence-corrected chi connectivity index (χ2v) is 6.24. The van der Waals surface area contributed by atoms with Crippen molar-refractivity contribution in [3.8, 4) is 5.75 Å². The van der Waals surface area contributed by atoms with E-state index < -0.39 is 0 Å². The van der Waals surface area contributed by atoms with E-state index in [9.17, 15) is 5.11 Å². The molecule has 3 nitrogen and oxygen atoms in total. The number of anilines is 1. The summed E-state index contributed by atoms with van der Waals surface area (Å²) in [6, 6.07) is 4.96. The first-order valence-corrected chi connectivity index (χ1v) is 7.86. The van der Waals surface area contributed by atoms with E-state index in [1.54, 1.807) is 0 Å². The van der Waals surface area contributed by atoms with Crippen LogP contribution in [0.15, 0.2) is 12.1 Å². The van der Waals surface area contributed by atoms with Gasteiger partial charge in [0.1, 0.15) is 5.75 Å². The van der Waals surface area contributed by atoms with Crippen LogP contribution in [0.3, 0.4) is 0 Å². The summed E-state index contributed by atoms with van der Waals surface area (Å²) >= 11 is 0. The highest BCUT2D eigenvalue weighted by Gasteiger charge is 2.15. The summed E-state index contributed by atoms with van der Waals surface area (Å²) in [6.45, 7) is 7.39. The normalized spacial score (nSPS) is 21.2. The van der Waals surface area contributed by atoms with Gasteiger partial charge in [-0.1, -0.05) is 12.8 Å². The van der Waals surface area contributed by atoms with Crippen molar-refractivity contribution in [3.05, 3.63) is 23.3 Å². The van der Waals surface area contributed by atoms with Gasteiger partial charge in [-0.2, -0.15) is 0 Å². The SMILES string of the molecule is Cc1cc(NC(C)CC2CCCCCN2)c(C)cc1O. The van der Waals surface area contributed by atoms with Gasteiger partial charge < -0.3 is 15.7 Å². The maximum absolute atomic E-state index is 9.71. The summed E-state index contributed by atoms with van der Waals surface area (Å²) in [4.78, 5) is 0. The Bertz CT molecular complexity index is 437. The summed E-state index contributed by atoms with van der Waals surface area (Å²) in [7, 11) is 0. The highest BCUT2D eigenvalue weighted by Crippen LogP contribution is 2.26. The molecule has 1 saturated heterocycles. The van der Waals surface area contributed by atoms with Crippen LogP contribution in [0.5, 0.6) is 5.75 Å². The van der Waals surface area contributed by atoms with E-state index in [1.807, 2.05) is 26.0 Å². The van der Waals surface area contributed by atoms with Gasteiger partial charge in [0, 0.05) is 17.8 Å². The van der Waals surface area contributed by atoms with Gasteiger partial charge in [-0.3, -0.25) is 0 Å². The molecule has 0 spiro atoms. The van der Waals surface area contributed by atoms with Crippen LogP contribution in [0.2, 0.25) is 0 Å². The molecule has 1 fully saturated rings. The van der Waals surface area contributed by atoms with E-state index in [1.165, 1.54) is 25.7 Å². The lowest BCUT2D eigenvalue weighted by molar-refractivity contribution is 0.455. The molecule has 0 bridgehead atoms. The van der Waals surface area contributed by atoms with Gasteiger partial charge in [0.25, 0.3) is 0 Å². The number of aromatic hydroxyl groups is 1. The Hall–Kier alpha value is -1.22. The van der Waals surface area contributed by atoms with Crippen molar-refractivity contribution >= 4 is 5.69 Å². The smallest absolute Gasteiger partial charge is 0.118 e. The lowest BCUT2D eigenvalue weighted by atomic mass is 10.0. The molecule has 20 heavy (non-hydrogen) atoms. The van der Waals surface area contributed by atoms with Crippen LogP contribution < -0.4 is 10.6 Å². The van der Waals surface area contributed by atoms with Crippen molar-refractivity contribution < 1.29 is 5.11 Å². The van der Waals surface area contributed by atoms with Gasteiger partial charge in [0.2, 0.25) is 0 Å². The molecule has 3 heteroatoms. The average molecular weight is 276 g/mol. The van der Waals surface area contributed by atoms with E-state index in [-0.39, 0.29) is 0 Å². The van der Waals surface area contributed by atoms with Gasteiger partial charge >= 0.3 is 0 Å². The lowest BCUT2D eigenvalue weighted by Crippen LogP contribution is -2.33. The Balaban J connectivity index is 1.93. The highest BCUT2D eigenvalue weighted by molar-refractivity contribution is 5.57. The minimum Gasteiger partial charge on any atom is -0.508 e. The van der Waals surface area contributed by atoms with E-state index in [4.69, 9.17) is 0 Å². The predicted octanol–water partition coefficient (Wildman–Crippen LogP) is 3.73. The van der Waals surface area contributed by atoms with Crippen LogP contribution >= 0.6 is 0 Å². The quantitative estimate of drug-likeness (QED) is 0.734. The monoisotopic (exact) mass is 276 g/mol. The third kappa shape index (κ3) is 4.14. The zero-order chi connectivity index (χ0) is 14.5. The largest absolute Gasteiger partial charge is 0.508 e. The summed E-state index contributed by atoms with van der Waals surface area (Å²) in [5, 5.41) is 17.0. The van der Waals surface area contributed by atoms with Crippen LogP contribution in [0.1, 0.15) is 50.2 Å². The Labute approximate surface area is 122 Å². The molecule has 3 N–H and O–H groups in total. The molecule has 1 heterocycles. The first-order valence-electron chi connectivity index (χ1n) is 7.86. The van der Waals surface area contributed by atoms with Crippen molar-refractivity contribution in [1.82, 2.24) is 5.32 Å². The Morgan fingerprint density at radius 1 is 1.25 bits per heavy atom. The molecule has 0 aromatic heterocycles. The number of phenolic OH excluding ortho intramolecular Hbond substituents is 1. The second-order valence-electron chi connectivity index (χ2n) is 6.24. The molecule has 0 aliphatic carbocycles. The zero-order valence-electron chi connectivity index (χ0n) is 13.0. The van der Waals surface area contributed by atoms with Crippen LogP contribution in [0, 0.1) is 13.8 Å². The number of rotatable bonds is 4. The number of hydrogen-bond acceptors (Lipinski definition) is 3. The zero-order valence-corrected chi connectivity index (χ0v) is 13.0. The van der Waals surface area contributed by atoms with Gasteiger partial charge in [-0.15, -0.1) is 0 Å². The molecule has 0 radical (unpaired) electrons. The molecule has 2 atom stereocenters. The predicted molar refractivity (Wildman–Crippen MR) is 85.5 cm³/mol. The molecule has 112 valence electrons. The highest BCUT2D eigenvalue weighted by atomic mass is 16.3. The average Bonchev–Trinajstić information content (AvgIpc) is 2.64. The lowest BCUT2D eigenvalue weighted by Gasteiger charge is -2.23. The molecule has 1 aliphatic heterocycles. The summed E-state index contributed by atoms with van der Waals surface area (Å²) in [5.74, 6) is 0.381. The molecule has 2 rings (SSSR count). The summed E-state index contributed by atoms with van der Waals surface area (Å²) in [5.41, 5.74) is 3.17. The van der Waals surface area contributed by atoms with Gasteiger partial charge in [-0.25, -0.2) is 0 Å². The molecular formula is C17H28N2O. The van der Waals surface area contributed by atoms with Crippen LogP contribution in [0.4, 0.5) is 5.69 Å². The van der Waals surface area contributed by atoms with Gasteiger partial charge in [0.05, 0.1) is 0 Å². The van der Waals surface area contributed by atoms with Crippen LogP contribution in [-0.2, 0) is 0 Å². The summed E-state index contributed by atoms with van der Waals surface area (Å²) < 4.78 is 0. The maximum Gasteiger partial charge on any atom is 0.118 e. The molecule has 1 aromatic rings. The van der Waals surface area contributed by atoms with E-state index in [2.05, 4.69) is 17.6 Å². The number of phenols is 1. The first kappa shape index (κ1) is 15.2.